The summed E-state index contributed by atoms with van der Waals surface area (Å²) in [5.74, 6) is 0.257. The average Bonchev–Trinajstić information content (AvgIpc) is 2.80. The minimum absolute atomic E-state index is 0.00919. The number of carbonyl (C=O) groups is 2. The molecule has 31 heavy (non-hydrogen) atoms. The Morgan fingerprint density at radius 3 is 2.42 bits per heavy atom. The molecular weight excluding hydrogens is 390 g/mol. The summed E-state index contributed by atoms with van der Waals surface area (Å²) >= 11 is 0. The first-order chi connectivity index (χ1) is 15.0. The van der Waals surface area contributed by atoms with Gasteiger partial charge in [-0.15, -0.1) is 0 Å². The Bertz CT molecular complexity index is 863. The predicted octanol–water partition coefficient (Wildman–Crippen LogP) is 3.41. The van der Waals surface area contributed by atoms with Gasteiger partial charge in [0.05, 0.1) is 13.2 Å². The van der Waals surface area contributed by atoms with E-state index in [2.05, 4.69) is 29.4 Å². The molecule has 0 aromatic heterocycles. The van der Waals surface area contributed by atoms with Crippen molar-refractivity contribution in [3.63, 3.8) is 0 Å². The molecule has 2 N–H and O–H groups in total. The second-order valence-corrected chi connectivity index (χ2v) is 7.23. The zero-order valence-electron chi connectivity index (χ0n) is 18.8. The second-order valence-electron chi connectivity index (χ2n) is 7.23. The number of hydrogen-bond donors (Lipinski definition) is 2. The van der Waals surface area contributed by atoms with Crippen molar-refractivity contribution in [1.82, 2.24) is 15.5 Å². The lowest BCUT2D eigenvalue weighted by Gasteiger charge is -2.31. The molecule has 0 aliphatic heterocycles. The van der Waals surface area contributed by atoms with Crippen molar-refractivity contribution < 1.29 is 14.3 Å². The van der Waals surface area contributed by atoms with Crippen molar-refractivity contribution in [1.29, 1.82) is 0 Å². The molecule has 0 saturated carbocycles. The number of likely N-dealkylation sites (N-methyl/N-ethyl adjacent to an activating group) is 1. The monoisotopic (exact) mass is 423 g/mol. The molecule has 2 aromatic rings. The molecular formula is C25H33N3O3. The molecule has 0 bridgehead atoms. The highest BCUT2D eigenvalue weighted by molar-refractivity contribution is 5.95. The zero-order chi connectivity index (χ0) is 22.6. The first-order valence-electron chi connectivity index (χ1n) is 10.7. The number of benzene rings is 2. The van der Waals surface area contributed by atoms with Crippen molar-refractivity contribution in [3.8, 4) is 5.75 Å². The Balaban J connectivity index is 1.97. The molecule has 0 aliphatic carbocycles. The molecule has 2 aromatic carbocycles. The molecule has 0 heterocycles. The van der Waals surface area contributed by atoms with Crippen LogP contribution in [0.4, 0.5) is 0 Å². The number of hydrogen-bond acceptors (Lipinski definition) is 4. The quantitative estimate of drug-likeness (QED) is 0.544. The summed E-state index contributed by atoms with van der Waals surface area (Å²) in [7, 11) is 1.64. The zero-order valence-corrected chi connectivity index (χ0v) is 18.8. The van der Waals surface area contributed by atoms with Gasteiger partial charge in [0.1, 0.15) is 11.8 Å². The van der Waals surface area contributed by atoms with Crippen LogP contribution in [-0.4, -0.2) is 49.5 Å². The lowest BCUT2D eigenvalue weighted by Crippen LogP contribution is -2.47. The van der Waals surface area contributed by atoms with E-state index in [-0.39, 0.29) is 17.9 Å². The Morgan fingerprint density at radius 2 is 1.77 bits per heavy atom. The lowest BCUT2D eigenvalue weighted by atomic mass is 10.0. The molecule has 2 rings (SSSR count). The van der Waals surface area contributed by atoms with Gasteiger partial charge >= 0.3 is 0 Å². The summed E-state index contributed by atoms with van der Waals surface area (Å²) < 4.78 is 5.35. The van der Waals surface area contributed by atoms with Gasteiger partial charge in [-0.25, -0.2) is 0 Å². The van der Waals surface area contributed by atoms with Crippen LogP contribution in [0.3, 0.4) is 0 Å². The van der Waals surface area contributed by atoms with Gasteiger partial charge in [-0.2, -0.15) is 0 Å². The van der Waals surface area contributed by atoms with Crippen molar-refractivity contribution in [2.24, 2.45) is 0 Å². The molecule has 0 spiro atoms. The Hall–Kier alpha value is -3.12. The van der Waals surface area contributed by atoms with Crippen LogP contribution in [-0.2, 0) is 9.59 Å². The highest BCUT2D eigenvalue weighted by atomic mass is 16.5. The summed E-state index contributed by atoms with van der Waals surface area (Å²) in [4.78, 5) is 27.1. The molecule has 0 unspecified atom stereocenters. The van der Waals surface area contributed by atoms with Gasteiger partial charge in [0.2, 0.25) is 11.8 Å². The van der Waals surface area contributed by atoms with Gasteiger partial charge in [0.15, 0.2) is 0 Å². The smallest absolute Gasteiger partial charge is 0.244 e. The van der Waals surface area contributed by atoms with E-state index in [0.717, 1.165) is 30.0 Å². The first kappa shape index (κ1) is 24.2. The number of rotatable bonds is 11. The van der Waals surface area contributed by atoms with Gasteiger partial charge in [-0.05, 0) is 49.3 Å². The SMILES string of the molecule is CCN(CC)[C@H](CNC(=O)[C@@H](C)NC(=O)/C=C/c1ccccc1)c1cccc(OC)c1. The number of methoxy groups -OCH3 is 1. The van der Waals surface area contributed by atoms with Crippen LogP contribution in [0.1, 0.15) is 37.9 Å². The Kier molecular flexibility index (Phi) is 9.78. The Morgan fingerprint density at radius 1 is 1.06 bits per heavy atom. The fourth-order valence-electron chi connectivity index (χ4n) is 3.38. The molecule has 0 fully saturated rings. The van der Waals surface area contributed by atoms with Crippen molar-refractivity contribution in [2.75, 3.05) is 26.7 Å². The molecule has 2 atom stereocenters. The van der Waals surface area contributed by atoms with Crippen molar-refractivity contribution in [2.45, 2.75) is 32.9 Å². The maximum absolute atomic E-state index is 12.6. The van der Waals surface area contributed by atoms with Gasteiger partial charge in [0.25, 0.3) is 0 Å². The number of nitrogens with one attached hydrogen (secondary N) is 2. The van der Waals surface area contributed by atoms with E-state index in [0.29, 0.717) is 6.54 Å². The standard InChI is InChI=1S/C25H33N3O3/c1-5-28(6-2)23(21-13-10-14-22(17-21)31-4)18-26-25(30)19(3)27-24(29)16-15-20-11-8-7-9-12-20/h7-17,19,23H,5-6,18H2,1-4H3,(H,26,30)(H,27,29)/b16-15+/t19-,23-/m1/s1. The summed E-state index contributed by atoms with van der Waals surface area (Å²) in [5, 5.41) is 5.70. The number of nitrogens with zero attached hydrogens (tertiary/aromatic N) is 1. The van der Waals surface area contributed by atoms with Crippen LogP contribution in [0.2, 0.25) is 0 Å². The minimum Gasteiger partial charge on any atom is -0.497 e. The predicted molar refractivity (Wildman–Crippen MR) is 125 cm³/mol. The third-order valence-corrected chi connectivity index (χ3v) is 5.18. The number of ether oxygens (including phenoxy) is 1. The third kappa shape index (κ3) is 7.57. The first-order valence-corrected chi connectivity index (χ1v) is 10.7. The summed E-state index contributed by atoms with van der Waals surface area (Å²) in [6.07, 6.45) is 3.16. The normalized spacial score (nSPS) is 13.1. The van der Waals surface area contributed by atoms with E-state index in [9.17, 15) is 9.59 Å². The molecule has 6 heteroatoms. The summed E-state index contributed by atoms with van der Waals surface area (Å²) in [6, 6.07) is 16.8. The minimum atomic E-state index is -0.643. The van der Waals surface area contributed by atoms with E-state index < -0.39 is 6.04 Å². The van der Waals surface area contributed by atoms with E-state index in [1.54, 1.807) is 20.1 Å². The maximum atomic E-state index is 12.6. The molecule has 6 nitrogen and oxygen atoms in total. The van der Waals surface area contributed by atoms with E-state index in [4.69, 9.17) is 4.74 Å². The third-order valence-electron chi connectivity index (χ3n) is 5.18. The second kappa shape index (κ2) is 12.5. The van der Waals surface area contributed by atoms with Crippen LogP contribution in [0.25, 0.3) is 6.08 Å². The summed E-state index contributed by atoms with van der Waals surface area (Å²) in [6.45, 7) is 8.02. The van der Waals surface area contributed by atoms with Crippen molar-refractivity contribution >= 4 is 17.9 Å². The fraction of sp³-hybridized carbons (Fsp3) is 0.360. The van der Waals surface area contributed by atoms with E-state index in [1.165, 1.54) is 6.08 Å². The highest BCUT2D eigenvalue weighted by Crippen LogP contribution is 2.23. The van der Waals surface area contributed by atoms with Gasteiger partial charge in [-0.1, -0.05) is 56.3 Å². The highest BCUT2D eigenvalue weighted by Gasteiger charge is 2.21. The molecule has 0 radical (unpaired) electrons. The lowest BCUT2D eigenvalue weighted by molar-refractivity contribution is -0.126. The van der Waals surface area contributed by atoms with Crippen molar-refractivity contribution in [3.05, 3.63) is 71.8 Å². The van der Waals surface area contributed by atoms with Crippen LogP contribution in [0.15, 0.2) is 60.7 Å². The van der Waals surface area contributed by atoms with E-state index >= 15 is 0 Å². The largest absolute Gasteiger partial charge is 0.497 e. The maximum Gasteiger partial charge on any atom is 0.244 e. The number of carbonyl (C=O) groups excluding carboxylic acids is 2. The van der Waals surface area contributed by atoms with Gasteiger partial charge < -0.3 is 15.4 Å². The summed E-state index contributed by atoms with van der Waals surface area (Å²) in [5.41, 5.74) is 2.00. The molecule has 0 aliphatic rings. The molecule has 0 saturated heterocycles. The van der Waals surface area contributed by atoms with Crippen LogP contribution in [0, 0.1) is 0 Å². The van der Waals surface area contributed by atoms with Crippen LogP contribution >= 0.6 is 0 Å². The topological polar surface area (TPSA) is 70.7 Å². The average molecular weight is 424 g/mol. The molecule has 2 amide bonds. The van der Waals surface area contributed by atoms with Crippen LogP contribution < -0.4 is 15.4 Å². The number of amides is 2. The van der Waals surface area contributed by atoms with Gasteiger partial charge in [-0.3, -0.25) is 14.5 Å². The van der Waals surface area contributed by atoms with Crippen LogP contribution in [0.5, 0.6) is 5.75 Å². The molecule has 166 valence electrons. The fourth-order valence-corrected chi connectivity index (χ4v) is 3.38. The Labute approximate surface area is 185 Å². The van der Waals surface area contributed by atoms with Gasteiger partial charge in [0, 0.05) is 12.6 Å². The van der Waals surface area contributed by atoms with E-state index in [1.807, 2.05) is 54.6 Å².